The normalized spacial score (nSPS) is 23.7. The van der Waals surface area contributed by atoms with Crippen LogP contribution in [0.15, 0.2) is 0 Å². The molecule has 0 aromatic rings. The molecule has 4 heteroatoms. The SMILES string of the molecule is CCOC(CCN(CC1CCCN1)C1CC1)OCC. The Morgan fingerprint density at radius 3 is 2.42 bits per heavy atom. The maximum atomic E-state index is 5.64. The Morgan fingerprint density at radius 2 is 1.89 bits per heavy atom. The molecule has 1 saturated heterocycles. The zero-order chi connectivity index (χ0) is 13.5. The first-order chi connectivity index (χ1) is 9.33. The molecule has 112 valence electrons. The van der Waals surface area contributed by atoms with E-state index in [1.54, 1.807) is 0 Å². The van der Waals surface area contributed by atoms with E-state index in [0.717, 1.165) is 32.2 Å². The lowest BCUT2D eigenvalue weighted by Crippen LogP contribution is -2.40. The molecule has 1 unspecified atom stereocenters. The van der Waals surface area contributed by atoms with E-state index >= 15 is 0 Å². The second-order valence-electron chi connectivity index (χ2n) is 5.65. The Kier molecular flexibility index (Phi) is 6.57. The number of hydrogen-bond acceptors (Lipinski definition) is 4. The van der Waals surface area contributed by atoms with Crippen LogP contribution in [0.2, 0.25) is 0 Å². The molecule has 0 aromatic carbocycles. The van der Waals surface area contributed by atoms with Crippen molar-refractivity contribution >= 4 is 0 Å². The molecule has 4 nitrogen and oxygen atoms in total. The summed E-state index contributed by atoms with van der Waals surface area (Å²) >= 11 is 0. The maximum Gasteiger partial charge on any atom is 0.158 e. The van der Waals surface area contributed by atoms with Crippen molar-refractivity contribution in [1.82, 2.24) is 10.2 Å². The van der Waals surface area contributed by atoms with Gasteiger partial charge in [0.15, 0.2) is 6.29 Å². The molecule has 1 aliphatic carbocycles. The van der Waals surface area contributed by atoms with Gasteiger partial charge in [0.05, 0.1) is 0 Å². The van der Waals surface area contributed by atoms with Gasteiger partial charge in [-0.15, -0.1) is 0 Å². The van der Waals surface area contributed by atoms with Gasteiger partial charge in [0, 0.05) is 44.8 Å². The Morgan fingerprint density at radius 1 is 1.16 bits per heavy atom. The van der Waals surface area contributed by atoms with E-state index in [1.165, 1.54) is 38.8 Å². The van der Waals surface area contributed by atoms with Crippen LogP contribution >= 0.6 is 0 Å². The molecule has 2 fully saturated rings. The van der Waals surface area contributed by atoms with Crippen molar-refractivity contribution in [2.45, 2.75) is 64.3 Å². The van der Waals surface area contributed by atoms with Gasteiger partial charge in [-0.3, -0.25) is 4.90 Å². The Bertz CT molecular complexity index is 234. The Labute approximate surface area is 117 Å². The fourth-order valence-electron chi connectivity index (χ4n) is 2.92. The van der Waals surface area contributed by atoms with Gasteiger partial charge in [0.1, 0.15) is 0 Å². The lowest BCUT2D eigenvalue weighted by molar-refractivity contribution is -0.142. The smallest absolute Gasteiger partial charge is 0.158 e. The van der Waals surface area contributed by atoms with Gasteiger partial charge >= 0.3 is 0 Å². The molecule has 1 aliphatic heterocycles. The van der Waals surface area contributed by atoms with E-state index in [4.69, 9.17) is 9.47 Å². The van der Waals surface area contributed by atoms with Crippen LogP contribution in [0.1, 0.15) is 46.0 Å². The fourth-order valence-corrected chi connectivity index (χ4v) is 2.92. The summed E-state index contributed by atoms with van der Waals surface area (Å²) in [7, 11) is 0. The van der Waals surface area contributed by atoms with Crippen LogP contribution in [0.25, 0.3) is 0 Å². The first kappa shape index (κ1) is 15.2. The van der Waals surface area contributed by atoms with E-state index in [-0.39, 0.29) is 6.29 Å². The molecule has 2 aliphatic rings. The van der Waals surface area contributed by atoms with E-state index in [1.807, 2.05) is 13.8 Å². The van der Waals surface area contributed by atoms with Crippen LogP contribution in [0, 0.1) is 0 Å². The highest BCUT2D eigenvalue weighted by Gasteiger charge is 2.31. The van der Waals surface area contributed by atoms with Crippen molar-refractivity contribution in [3.05, 3.63) is 0 Å². The quantitative estimate of drug-likeness (QED) is 0.616. The van der Waals surface area contributed by atoms with Crippen molar-refractivity contribution in [3.63, 3.8) is 0 Å². The van der Waals surface area contributed by atoms with Crippen LogP contribution in [0.5, 0.6) is 0 Å². The van der Waals surface area contributed by atoms with E-state index in [2.05, 4.69) is 10.2 Å². The molecule has 19 heavy (non-hydrogen) atoms. The lowest BCUT2D eigenvalue weighted by Gasteiger charge is -2.27. The monoisotopic (exact) mass is 270 g/mol. The highest BCUT2D eigenvalue weighted by molar-refractivity contribution is 4.88. The van der Waals surface area contributed by atoms with Gasteiger partial charge in [0.2, 0.25) is 0 Å². The van der Waals surface area contributed by atoms with Crippen LogP contribution < -0.4 is 5.32 Å². The van der Waals surface area contributed by atoms with Crippen molar-refractivity contribution in [2.24, 2.45) is 0 Å². The molecular weight excluding hydrogens is 240 g/mol. The number of rotatable bonds is 10. The van der Waals surface area contributed by atoms with Crippen LogP contribution in [-0.4, -0.2) is 56.1 Å². The number of ether oxygens (including phenoxy) is 2. The van der Waals surface area contributed by atoms with Crippen molar-refractivity contribution < 1.29 is 9.47 Å². The van der Waals surface area contributed by atoms with Gasteiger partial charge in [-0.1, -0.05) is 0 Å². The van der Waals surface area contributed by atoms with Crippen molar-refractivity contribution in [3.8, 4) is 0 Å². The van der Waals surface area contributed by atoms with Crippen LogP contribution in [-0.2, 0) is 9.47 Å². The molecule has 2 rings (SSSR count). The van der Waals surface area contributed by atoms with Crippen LogP contribution in [0.4, 0.5) is 0 Å². The molecule has 0 spiro atoms. The maximum absolute atomic E-state index is 5.64. The third-order valence-electron chi connectivity index (χ3n) is 4.04. The Balaban J connectivity index is 1.72. The summed E-state index contributed by atoms with van der Waals surface area (Å²) in [5, 5.41) is 3.60. The summed E-state index contributed by atoms with van der Waals surface area (Å²) in [5.74, 6) is 0. The first-order valence-corrected chi connectivity index (χ1v) is 8.04. The lowest BCUT2D eigenvalue weighted by atomic mass is 10.2. The van der Waals surface area contributed by atoms with Gasteiger partial charge < -0.3 is 14.8 Å². The van der Waals surface area contributed by atoms with E-state index < -0.39 is 0 Å². The highest BCUT2D eigenvalue weighted by Crippen LogP contribution is 2.28. The zero-order valence-corrected chi connectivity index (χ0v) is 12.6. The first-order valence-electron chi connectivity index (χ1n) is 8.04. The Hall–Kier alpha value is -0.160. The fraction of sp³-hybridized carbons (Fsp3) is 1.00. The number of nitrogens with zero attached hydrogens (tertiary/aromatic N) is 1. The average Bonchev–Trinajstić information content (AvgIpc) is 3.13. The summed E-state index contributed by atoms with van der Waals surface area (Å²) < 4.78 is 11.3. The molecule has 1 heterocycles. The van der Waals surface area contributed by atoms with Gasteiger partial charge in [-0.2, -0.15) is 0 Å². The summed E-state index contributed by atoms with van der Waals surface area (Å²) in [6, 6.07) is 1.53. The third-order valence-corrected chi connectivity index (χ3v) is 4.04. The number of nitrogens with one attached hydrogen (secondary N) is 1. The molecule has 1 saturated carbocycles. The molecule has 0 aromatic heterocycles. The molecule has 0 bridgehead atoms. The summed E-state index contributed by atoms with van der Waals surface area (Å²) in [4.78, 5) is 2.65. The van der Waals surface area contributed by atoms with E-state index in [9.17, 15) is 0 Å². The van der Waals surface area contributed by atoms with E-state index in [0.29, 0.717) is 6.04 Å². The topological polar surface area (TPSA) is 33.7 Å². The standard InChI is InChI=1S/C15H30N2O2/c1-3-18-15(19-4-2)9-11-17(14-7-8-14)12-13-6-5-10-16-13/h13-16H,3-12H2,1-2H3. The summed E-state index contributed by atoms with van der Waals surface area (Å²) in [5.41, 5.74) is 0. The minimum Gasteiger partial charge on any atom is -0.353 e. The summed E-state index contributed by atoms with van der Waals surface area (Å²) in [6.07, 6.45) is 6.40. The molecule has 0 amide bonds. The average molecular weight is 270 g/mol. The van der Waals surface area contributed by atoms with Gasteiger partial charge in [-0.25, -0.2) is 0 Å². The predicted molar refractivity (Wildman–Crippen MR) is 77.3 cm³/mol. The van der Waals surface area contributed by atoms with Gasteiger partial charge in [0.25, 0.3) is 0 Å². The summed E-state index contributed by atoms with van der Waals surface area (Å²) in [6.45, 7) is 9.05. The minimum atomic E-state index is -0.0206. The molecule has 1 N–H and O–H groups in total. The molecule has 0 radical (unpaired) electrons. The molecular formula is C15H30N2O2. The molecule has 1 atom stereocenters. The van der Waals surface area contributed by atoms with Gasteiger partial charge in [-0.05, 0) is 46.1 Å². The minimum absolute atomic E-state index is 0.0206. The largest absolute Gasteiger partial charge is 0.353 e. The number of hydrogen-bond donors (Lipinski definition) is 1. The second kappa shape index (κ2) is 8.20. The third kappa shape index (κ3) is 5.38. The predicted octanol–water partition coefficient (Wildman–Crippen LogP) is 1.99. The zero-order valence-electron chi connectivity index (χ0n) is 12.6. The highest BCUT2D eigenvalue weighted by atomic mass is 16.7. The van der Waals surface area contributed by atoms with Crippen molar-refractivity contribution in [2.75, 3.05) is 32.8 Å². The van der Waals surface area contributed by atoms with Crippen LogP contribution in [0.3, 0.4) is 0 Å². The van der Waals surface area contributed by atoms with Crippen molar-refractivity contribution in [1.29, 1.82) is 0 Å². The second-order valence-corrected chi connectivity index (χ2v) is 5.65.